The van der Waals surface area contributed by atoms with Crippen molar-refractivity contribution in [1.29, 1.82) is 0 Å². The molecule has 2 atom stereocenters. The molecular weight excluding hydrogens is 218 g/mol. The van der Waals surface area contributed by atoms with Gasteiger partial charge >= 0.3 is 0 Å². The number of thioether (sulfide) groups is 1. The maximum atomic E-state index is 9.99. The van der Waals surface area contributed by atoms with Crippen LogP contribution in [0.25, 0.3) is 0 Å². The lowest BCUT2D eigenvalue weighted by molar-refractivity contribution is 0.0835. The van der Waals surface area contributed by atoms with E-state index in [-0.39, 0.29) is 0 Å². The zero-order valence-electron chi connectivity index (χ0n) is 11.4. The molecule has 0 aromatic rings. The second kappa shape index (κ2) is 9.32. The van der Waals surface area contributed by atoms with Gasteiger partial charge in [-0.2, -0.15) is 11.8 Å². The van der Waals surface area contributed by atoms with Crippen LogP contribution in [0.2, 0.25) is 0 Å². The van der Waals surface area contributed by atoms with Crippen LogP contribution in [0.1, 0.15) is 46.5 Å². The van der Waals surface area contributed by atoms with Gasteiger partial charge in [0, 0.05) is 12.3 Å². The first-order valence-electron chi connectivity index (χ1n) is 6.47. The number of hydrogen-bond acceptors (Lipinski definition) is 3. The number of rotatable bonds is 10. The molecule has 0 aliphatic rings. The number of hydrogen-bond donors (Lipinski definition) is 2. The largest absolute Gasteiger partial charge is 0.388 e. The third kappa shape index (κ3) is 8.43. The normalized spacial score (nSPS) is 17.1. The molecule has 0 aliphatic carbocycles. The summed E-state index contributed by atoms with van der Waals surface area (Å²) in [4.78, 5) is 0. The third-order valence-corrected chi connectivity index (χ3v) is 3.85. The number of aliphatic hydroxyl groups is 1. The SMILES string of the molecule is CCCCC(CC)CNCC(C)(O)CSC. The van der Waals surface area contributed by atoms with Crippen LogP contribution in [0, 0.1) is 5.92 Å². The Bertz CT molecular complexity index is 162. The van der Waals surface area contributed by atoms with Gasteiger partial charge in [-0.25, -0.2) is 0 Å². The van der Waals surface area contributed by atoms with Crippen molar-refractivity contribution in [3.8, 4) is 0 Å². The van der Waals surface area contributed by atoms with E-state index in [1.165, 1.54) is 25.7 Å². The third-order valence-electron chi connectivity index (χ3n) is 2.94. The molecule has 3 heteroatoms. The molecule has 0 saturated carbocycles. The highest BCUT2D eigenvalue weighted by molar-refractivity contribution is 7.98. The summed E-state index contributed by atoms with van der Waals surface area (Å²) in [6.45, 7) is 8.15. The van der Waals surface area contributed by atoms with Gasteiger partial charge in [-0.15, -0.1) is 0 Å². The lowest BCUT2D eigenvalue weighted by Gasteiger charge is -2.24. The molecule has 0 aliphatic heterocycles. The minimum atomic E-state index is -0.567. The standard InChI is InChI=1S/C13H29NOS/c1-5-7-8-12(6-2)9-14-10-13(3,15)11-16-4/h12,14-15H,5-11H2,1-4H3. The van der Waals surface area contributed by atoms with Crippen LogP contribution in [-0.2, 0) is 0 Å². The van der Waals surface area contributed by atoms with Crippen molar-refractivity contribution in [2.45, 2.75) is 52.1 Å². The number of nitrogens with one attached hydrogen (secondary N) is 1. The first-order valence-corrected chi connectivity index (χ1v) is 7.87. The van der Waals surface area contributed by atoms with Crippen LogP contribution in [0.4, 0.5) is 0 Å². The summed E-state index contributed by atoms with van der Waals surface area (Å²) < 4.78 is 0. The Kier molecular flexibility index (Phi) is 9.47. The lowest BCUT2D eigenvalue weighted by atomic mass is 9.99. The predicted molar refractivity (Wildman–Crippen MR) is 75.2 cm³/mol. The molecule has 98 valence electrons. The van der Waals surface area contributed by atoms with E-state index in [2.05, 4.69) is 19.2 Å². The van der Waals surface area contributed by atoms with Crippen molar-refractivity contribution in [2.75, 3.05) is 25.1 Å². The first kappa shape index (κ1) is 16.3. The molecule has 16 heavy (non-hydrogen) atoms. The molecule has 2 unspecified atom stereocenters. The lowest BCUT2D eigenvalue weighted by Crippen LogP contribution is -2.41. The smallest absolute Gasteiger partial charge is 0.0833 e. The first-order chi connectivity index (χ1) is 7.55. The topological polar surface area (TPSA) is 32.3 Å². The van der Waals surface area contributed by atoms with Crippen molar-refractivity contribution in [1.82, 2.24) is 5.32 Å². The fourth-order valence-corrected chi connectivity index (χ4v) is 2.57. The molecule has 0 spiro atoms. The van der Waals surface area contributed by atoms with Gasteiger partial charge in [0.15, 0.2) is 0 Å². The van der Waals surface area contributed by atoms with Crippen LogP contribution < -0.4 is 5.32 Å². The van der Waals surface area contributed by atoms with Gasteiger partial charge in [-0.1, -0.05) is 33.1 Å². The monoisotopic (exact) mass is 247 g/mol. The highest BCUT2D eigenvalue weighted by Gasteiger charge is 2.19. The van der Waals surface area contributed by atoms with Crippen LogP contribution in [0.3, 0.4) is 0 Å². The van der Waals surface area contributed by atoms with Crippen LogP contribution >= 0.6 is 11.8 Å². The Morgan fingerprint density at radius 2 is 2.06 bits per heavy atom. The minimum Gasteiger partial charge on any atom is -0.388 e. The van der Waals surface area contributed by atoms with E-state index in [9.17, 15) is 5.11 Å². The summed E-state index contributed by atoms with van der Waals surface area (Å²) >= 11 is 1.70. The second-order valence-corrected chi connectivity index (χ2v) is 5.84. The van der Waals surface area contributed by atoms with Crippen molar-refractivity contribution in [3.63, 3.8) is 0 Å². The van der Waals surface area contributed by atoms with E-state index in [1.54, 1.807) is 11.8 Å². The Hall–Kier alpha value is 0.270. The zero-order valence-corrected chi connectivity index (χ0v) is 12.2. The van der Waals surface area contributed by atoms with Gasteiger partial charge < -0.3 is 10.4 Å². The molecule has 0 rings (SSSR count). The summed E-state index contributed by atoms with van der Waals surface area (Å²) in [5, 5.41) is 13.4. The molecule has 2 N–H and O–H groups in total. The fourth-order valence-electron chi connectivity index (χ4n) is 1.85. The van der Waals surface area contributed by atoms with E-state index in [0.717, 1.165) is 18.2 Å². The van der Waals surface area contributed by atoms with Gasteiger partial charge in [0.1, 0.15) is 0 Å². The molecule has 0 radical (unpaired) electrons. The Morgan fingerprint density at radius 3 is 2.56 bits per heavy atom. The Labute approximate surface area is 106 Å². The van der Waals surface area contributed by atoms with Gasteiger partial charge in [0.2, 0.25) is 0 Å². The number of unbranched alkanes of at least 4 members (excludes halogenated alkanes) is 1. The molecule has 0 bridgehead atoms. The average Bonchev–Trinajstić information content (AvgIpc) is 2.22. The molecule has 0 amide bonds. The van der Waals surface area contributed by atoms with Crippen LogP contribution in [0.5, 0.6) is 0 Å². The minimum absolute atomic E-state index is 0.567. The summed E-state index contributed by atoms with van der Waals surface area (Å²) in [5.41, 5.74) is -0.567. The Balaban J connectivity index is 3.68. The maximum Gasteiger partial charge on any atom is 0.0833 e. The summed E-state index contributed by atoms with van der Waals surface area (Å²) in [6, 6.07) is 0. The molecule has 0 heterocycles. The van der Waals surface area contributed by atoms with Crippen molar-refractivity contribution in [2.24, 2.45) is 5.92 Å². The highest BCUT2D eigenvalue weighted by atomic mass is 32.2. The van der Waals surface area contributed by atoms with E-state index in [0.29, 0.717) is 6.54 Å². The van der Waals surface area contributed by atoms with Gasteiger partial charge in [0.05, 0.1) is 5.60 Å². The molecule has 2 nitrogen and oxygen atoms in total. The maximum absolute atomic E-state index is 9.99. The van der Waals surface area contributed by atoms with Gasteiger partial charge in [-0.3, -0.25) is 0 Å². The van der Waals surface area contributed by atoms with Crippen molar-refractivity contribution >= 4 is 11.8 Å². The molecule has 0 saturated heterocycles. The molecule has 0 fully saturated rings. The highest BCUT2D eigenvalue weighted by Crippen LogP contribution is 2.13. The summed E-state index contributed by atoms with van der Waals surface area (Å²) in [6.07, 6.45) is 7.18. The van der Waals surface area contributed by atoms with E-state index in [4.69, 9.17) is 0 Å². The summed E-state index contributed by atoms with van der Waals surface area (Å²) in [7, 11) is 0. The van der Waals surface area contributed by atoms with E-state index in [1.807, 2.05) is 13.2 Å². The molecule has 0 aromatic heterocycles. The predicted octanol–water partition coefficient (Wildman–Crippen LogP) is 2.91. The average molecular weight is 247 g/mol. The van der Waals surface area contributed by atoms with E-state index >= 15 is 0 Å². The van der Waals surface area contributed by atoms with Gasteiger partial charge in [-0.05, 0) is 32.1 Å². The van der Waals surface area contributed by atoms with Gasteiger partial charge in [0.25, 0.3) is 0 Å². The van der Waals surface area contributed by atoms with Crippen LogP contribution in [-0.4, -0.2) is 35.8 Å². The van der Waals surface area contributed by atoms with E-state index < -0.39 is 5.60 Å². The van der Waals surface area contributed by atoms with Crippen molar-refractivity contribution < 1.29 is 5.11 Å². The molecule has 0 aromatic carbocycles. The fraction of sp³-hybridized carbons (Fsp3) is 1.00. The van der Waals surface area contributed by atoms with Crippen molar-refractivity contribution in [3.05, 3.63) is 0 Å². The van der Waals surface area contributed by atoms with Crippen LogP contribution in [0.15, 0.2) is 0 Å². The molecular formula is C13H29NOS. The zero-order chi connectivity index (χ0) is 12.4. The summed E-state index contributed by atoms with van der Waals surface area (Å²) in [5.74, 6) is 1.57. The quantitative estimate of drug-likeness (QED) is 0.622. The second-order valence-electron chi connectivity index (χ2n) is 4.98. The Morgan fingerprint density at radius 1 is 1.38 bits per heavy atom.